The summed E-state index contributed by atoms with van der Waals surface area (Å²) in [5.41, 5.74) is 9.62. The number of primary amides is 1. The van der Waals surface area contributed by atoms with Gasteiger partial charge >= 0.3 is 0 Å². The molecule has 1 amide bonds. The minimum Gasteiger partial charge on any atom is -0.369 e. The van der Waals surface area contributed by atoms with Crippen molar-refractivity contribution in [3.8, 4) is 16.8 Å². The number of carbonyl (C=O) groups excluding carboxylic acids is 1. The maximum atomic E-state index is 11.1. The first-order valence-electron chi connectivity index (χ1n) is 8.28. The Morgan fingerprint density at radius 3 is 2.58 bits per heavy atom. The molecule has 1 unspecified atom stereocenters. The van der Waals surface area contributed by atoms with Crippen LogP contribution in [0.4, 0.5) is 5.82 Å². The number of nitrogens with zero attached hydrogens (tertiary/aromatic N) is 2. The second-order valence-corrected chi connectivity index (χ2v) is 6.15. The minimum absolute atomic E-state index is 0.206. The highest BCUT2D eigenvalue weighted by atomic mass is 16.3. The molecule has 2 aromatic carbocycles. The third-order valence-electron chi connectivity index (χ3n) is 4.40. The van der Waals surface area contributed by atoms with Gasteiger partial charge < -0.3 is 20.7 Å². The topological polar surface area (TPSA) is 92.6 Å². The van der Waals surface area contributed by atoms with Crippen LogP contribution in [-0.4, -0.2) is 21.9 Å². The fraction of sp³-hybridized carbons (Fsp3) is 0.100. The molecule has 4 N–H and O–H groups in total. The van der Waals surface area contributed by atoms with E-state index in [1.807, 2.05) is 65.4 Å². The van der Waals surface area contributed by atoms with Crippen LogP contribution in [0, 0.1) is 0 Å². The highest BCUT2D eigenvalue weighted by Gasteiger charge is 2.25. The molecule has 130 valence electrons. The van der Waals surface area contributed by atoms with Crippen LogP contribution in [0.3, 0.4) is 0 Å². The van der Waals surface area contributed by atoms with E-state index in [9.17, 15) is 9.90 Å². The van der Waals surface area contributed by atoms with Crippen LogP contribution >= 0.6 is 0 Å². The number of nitrogens with one attached hydrogen (secondary N) is 1. The zero-order chi connectivity index (χ0) is 18.1. The maximum Gasteiger partial charge on any atom is 0.221 e. The van der Waals surface area contributed by atoms with E-state index in [-0.39, 0.29) is 12.3 Å². The lowest BCUT2D eigenvalue weighted by atomic mass is 10.0. The summed E-state index contributed by atoms with van der Waals surface area (Å²) in [7, 11) is 0. The van der Waals surface area contributed by atoms with Crippen LogP contribution in [0.15, 0.2) is 65.8 Å². The quantitative estimate of drug-likeness (QED) is 0.678. The molecule has 3 aromatic rings. The molecule has 4 rings (SSSR count). The molecule has 0 fully saturated rings. The molecular weight excluding hydrogens is 328 g/mol. The highest BCUT2D eigenvalue weighted by molar-refractivity contribution is 5.86. The van der Waals surface area contributed by atoms with Gasteiger partial charge in [0.2, 0.25) is 5.91 Å². The molecule has 1 atom stereocenters. The van der Waals surface area contributed by atoms with E-state index in [2.05, 4.69) is 10.3 Å². The fourth-order valence-corrected chi connectivity index (χ4v) is 3.20. The van der Waals surface area contributed by atoms with Gasteiger partial charge in [0.15, 0.2) is 6.23 Å². The van der Waals surface area contributed by atoms with E-state index >= 15 is 0 Å². The Kier molecular flexibility index (Phi) is 4.02. The zero-order valence-electron chi connectivity index (χ0n) is 14.0. The zero-order valence-corrected chi connectivity index (χ0v) is 14.0. The van der Waals surface area contributed by atoms with E-state index in [1.165, 1.54) is 6.34 Å². The summed E-state index contributed by atoms with van der Waals surface area (Å²) in [6.07, 6.45) is 2.76. The summed E-state index contributed by atoms with van der Waals surface area (Å²) in [5, 5.41) is 13.6. The van der Waals surface area contributed by atoms with Crippen molar-refractivity contribution in [3.05, 3.63) is 71.9 Å². The van der Waals surface area contributed by atoms with Gasteiger partial charge in [0.1, 0.15) is 5.82 Å². The molecule has 2 heterocycles. The number of nitrogens with two attached hydrogens (primary N) is 1. The van der Waals surface area contributed by atoms with Crippen LogP contribution in [-0.2, 0) is 11.2 Å². The van der Waals surface area contributed by atoms with Gasteiger partial charge in [0.25, 0.3) is 0 Å². The second kappa shape index (κ2) is 6.50. The summed E-state index contributed by atoms with van der Waals surface area (Å²) in [6.45, 7) is 0. The summed E-state index contributed by atoms with van der Waals surface area (Å²) in [6, 6.07) is 17.5. The lowest BCUT2D eigenvalue weighted by molar-refractivity contribution is -0.117. The Bertz CT molecular complexity index is 975. The maximum absolute atomic E-state index is 11.1. The van der Waals surface area contributed by atoms with E-state index in [1.54, 1.807) is 0 Å². The van der Waals surface area contributed by atoms with Crippen molar-refractivity contribution in [1.29, 1.82) is 0 Å². The molecule has 0 bridgehead atoms. The summed E-state index contributed by atoms with van der Waals surface area (Å²) in [4.78, 5) is 15.1. The number of anilines is 1. The van der Waals surface area contributed by atoms with Crippen molar-refractivity contribution in [1.82, 2.24) is 4.57 Å². The number of aromatic nitrogens is 1. The molecule has 6 heteroatoms. The first-order valence-corrected chi connectivity index (χ1v) is 8.28. The molecular formula is C20H18N4O2. The Labute approximate surface area is 150 Å². The average molecular weight is 346 g/mol. The van der Waals surface area contributed by atoms with Crippen molar-refractivity contribution in [3.63, 3.8) is 0 Å². The number of aliphatic hydroxyl groups excluding tert-OH is 1. The molecule has 1 aliphatic heterocycles. The lowest BCUT2D eigenvalue weighted by Gasteiger charge is -2.17. The van der Waals surface area contributed by atoms with E-state index < -0.39 is 6.23 Å². The summed E-state index contributed by atoms with van der Waals surface area (Å²) in [5.74, 6) is 0.425. The standard InChI is InChI=1S/C20H18N4O2/c21-17(25)10-13-6-8-14(9-7-13)16-11-24(15-4-2-1-3-5-15)19-18(16)20(26)23-12-22-19/h1-9,11-12,20,26H,10H2,(H2,21,25)(H,22,23). The lowest BCUT2D eigenvalue weighted by Crippen LogP contribution is -2.13. The largest absolute Gasteiger partial charge is 0.369 e. The molecule has 6 nitrogen and oxygen atoms in total. The number of benzene rings is 2. The number of fused-ring (bicyclic) bond motifs is 1. The van der Waals surface area contributed by atoms with Crippen LogP contribution in [0.25, 0.3) is 16.8 Å². The molecule has 0 saturated heterocycles. The number of para-hydroxylation sites is 1. The second-order valence-electron chi connectivity index (χ2n) is 6.15. The molecule has 0 radical (unpaired) electrons. The highest BCUT2D eigenvalue weighted by Crippen LogP contribution is 2.39. The van der Waals surface area contributed by atoms with Crippen molar-refractivity contribution in [2.75, 3.05) is 5.32 Å². The van der Waals surface area contributed by atoms with Gasteiger partial charge in [-0.05, 0) is 23.3 Å². The van der Waals surface area contributed by atoms with Gasteiger partial charge in [-0.25, -0.2) is 4.99 Å². The van der Waals surface area contributed by atoms with Crippen LogP contribution in [0.5, 0.6) is 0 Å². The third kappa shape index (κ3) is 2.87. The predicted octanol–water partition coefficient (Wildman–Crippen LogP) is 2.62. The van der Waals surface area contributed by atoms with Crippen molar-refractivity contribution in [2.24, 2.45) is 10.7 Å². The molecule has 0 saturated carbocycles. The number of hydrogen-bond acceptors (Lipinski definition) is 4. The smallest absolute Gasteiger partial charge is 0.221 e. The normalized spacial score (nSPS) is 15.3. The van der Waals surface area contributed by atoms with E-state index in [0.29, 0.717) is 0 Å². The van der Waals surface area contributed by atoms with Gasteiger partial charge in [-0.2, -0.15) is 0 Å². The first kappa shape index (κ1) is 16.1. The SMILES string of the molecule is NC(=O)Cc1ccc(-c2cn(-c3ccccc3)c3c2C(O)N=CN3)cc1. The van der Waals surface area contributed by atoms with Crippen LogP contribution in [0.1, 0.15) is 17.4 Å². The van der Waals surface area contributed by atoms with Gasteiger partial charge in [0, 0.05) is 17.4 Å². The number of aliphatic hydroxyl groups is 1. The van der Waals surface area contributed by atoms with Crippen LogP contribution < -0.4 is 11.1 Å². The van der Waals surface area contributed by atoms with Crippen molar-refractivity contribution in [2.45, 2.75) is 12.6 Å². The predicted molar refractivity (Wildman–Crippen MR) is 101 cm³/mol. The Hall–Kier alpha value is -3.38. The number of amides is 1. The monoisotopic (exact) mass is 346 g/mol. The number of aliphatic imine (C=N–C) groups is 1. The Balaban J connectivity index is 1.82. The Morgan fingerprint density at radius 1 is 1.15 bits per heavy atom. The molecule has 1 aliphatic rings. The fourth-order valence-electron chi connectivity index (χ4n) is 3.20. The number of rotatable bonds is 4. The molecule has 1 aromatic heterocycles. The Morgan fingerprint density at radius 2 is 1.88 bits per heavy atom. The number of carbonyl (C=O) groups is 1. The van der Waals surface area contributed by atoms with Gasteiger partial charge in [-0.3, -0.25) is 4.79 Å². The summed E-state index contributed by atoms with van der Waals surface area (Å²) >= 11 is 0. The van der Waals surface area contributed by atoms with Crippen molar-refractivity contribution < 1.29 is 9.90 Å². The molecule has 0 spiro atoms. The van der Waals surface area contributed by atoms with Gasteiger partial charge in [0.05, 0.1) is 18.3 Å². The third-order valence-corrected chi connectivity index (χ3v) is 4.40. The minimum atomic E-state index is -0.934. The van der Waals surface area contributed by atoms with Gasteiger partial charge in [-0.1, -0.05) is 42.5 Å². The first-order chi connectivity index (χ1) is 12.6. The summed E-state index contributed by atoms with van der Waals surface area (Å²) < 4.78 is 2.00. The average Bonchev–Trinajstić information content (AvgIpc) is 3.04. The van der Waals surface area contributed by atoms with E-state index in [0.717, 1.165) is 33.8 Å². The van der Waals surface area contributed by atoms with Crippen molar-refractivity contribution >= 4 is 18.1 Å². The number of hydrogen-bond donors (Lipinski definition) is 3. The molecule has 26 heavy (non-hydrogen) atoms. The molecule has 0 aliphatic carbocycles. The van der Waals surface area contributed by atoms with Crippen LogP contribution in [0.2, 0.25) is 0 Å². The van der Waals surface area contributed by atoms with Gasteiger partial charge in [-0.15, -0.1) is 0 Å². The van der Waals surface area contributed by atoms with E-state index in [4.69, 9.17) is 5.73 Å².